The lowest BCUT2D eigenvalue weighted by Crippen LogP contribution is -2.23. The maximum absolute atomic E-state index is 5.13. The van der Waals surface area contributed by atoms with Gasteiger partial charge in [0.05, 0.1) is 18.5 Å². The zero-order valence-corrected chi connectivity index (χ0v) is 15.0. The van der Waals surface area contributed by atoms with Gasteiger partial charge in [0, 0.05) is 37.5 Å². The van der Waals surface area contributed by atoms with Crippen molar-refractivity contribution in [2.24, 2.45) is 0 Å². The van der Waals surface area contributed by atoms with E-state index in [0.29, 0.717) is 12.5 Å². The Balaban J connectivity index is 2.54. The fraction of sp³-hybridized carbons (Fsp3) is 0.526. The Kier molecular flexibility index (Phi) is 6.22. The van der Waals surface area contributed by atoms with E-state index in [1.807, 2.05) is 6.20 Å². The Bertz CT molecular complexity index is 636. The minimum atomic E-state index is 0.508. The maximum Gasteiger partial charge on any atom is 0.136 e. The SMILES string of the molecule is CCN(CC)c1ncc(NCCOC)c2ccc(C(C)C)cc12. The van der Waals surface area contributed by atoms with Crippen LogP contribution in [0.15, 0.2) is 24.4 Å². The van der Waals surface area contributed by atoms with Gasteiger partial charge in [-0.2, -0.15) is 0 Å². The van der Waals surface area contributed by atoms with E-state index in [2.05, 4.69) is 56.1 Å². The van der Waals surface area contributed by atoms with Crippen molar-refractivity contribution in [1.82, 2.24) is 4.98 Å². The Morgan fingerprint density at radius 1 is 1.17 bits per heavy atom. The normalized spacial score (nSPS) is 11.2. The number of anilines is 2. The number of nitrogens with one attached hydrogen (secondary N) is 1. The van der Waals surface area contributed by atoms with E-state index in [4.69, 9.17) is 9.72 Å². The molecule has 0 fully saturated rings. The molecule has 0 aliphatic carbocycles. The number of aromatic nitrogens is 1. The number of rotatable bonds is 8. The molecule has 0 bridgehead atoms. The summed E-state index contributed by atoms with van der Waals surface area (Å²) in [5.41, 5.74) is 2.42. The van der Waals surface area contributed by atoms with Crippen LogP contribution in [0.3, 0.4) is 0 Å². The Hall–Kier alpha value is -1.81. The van der Waals surface area contributed by atoms with E-state index in [9.17, 15) is 0 Å². The molecule has 0 atom stereocenters. The zero-order chi connectivity index (χ0) is 16.8. The van der Waals surface area contributed by atoms with Gasteiger partial charge in [-0.25, -0.2) is 4.98 Å². The monoisotopic (exact) mass is 315 g/mol. The molecule has 1 N–H and O–H groups in total. The van der Waals surface area contributed by atoms with Crippen LogP contribution in [0, 0.1) is 0 Å². The minimum absolute atomic E-state index is 0.508. The Morgan fingerprint density at radius 2 is 1.91 bits per heavy atom. The highest BCUT2D eigenvalue weighted by molar-refractivity contribution is 6.00. The second kappa shape index (κ2) is 8.16. The molecule has 4 nitrogen and oxygen atoms in total. The van der Waals surface area contributed by atoms with E-state index in [1.165, 1.54) is 16.3 Å². The number of hydrogen-bond acceptors (Lipinski definition) is 4. The largest absolute Gasteiger partial charge is 0.383 e. The van der Waals surface area contributed by atoms with E-state index in [1.54, 1.807) is 7.11 Å². The fourth-order valence-electron chi connectivity index (χ4n) is 2.81. The summed E-state index contributed by atoms with van der Waals surface area (Å²) in [6, 6.07) is 6.73. The van der Waals surface area contributed by atoms with Gasteiger partial charge in [0.15, 0.2) is 0 Å². The molecular weight excluding hydrogens is 286 g/mol. The summed E-state index contributed by atoms with van der Waals surface area (Å²) >= 11 is 0. The van der Waals surface area contributed by atoms with Gasteiger partial charge in [0.25, 0.3) is 0 Å². The van der Waals surface area contributed by atoms with Crippen LogP contribution in [-0.4, -0.2) is 38.3 Å². The third kappa shape index (κ3) is 3.94. The van der Waals surface area contributed by atoms with Crippen molar-refractivity contribution in [2.75, 3.05) is 43.6 Å². The van der Waals surface area contributed by atoms with Crippen LogP contribution in [0.4, 0.5) is 11.5 Å². The second-order valence-corrected chi connectivity index (χ2v) is 6.05. The third-order valence-corrected chi connectivity index (χ3v) is 4.24. The van der Waals surface area contributed by atoms with Crippen LogP contribution >= 0.6 is 0 Å². The molecule has 0 amide bonds. The summed E-state index contributed by atoms with van der Waals surface area (Å²) in [5, 5.41) is 5.88. The van der Waals surface area contributed by atoms with Gasteiger partial charge in [-0.1, -0.05) is 26.0 Å². The van der Waals surface area contributed by atoms with E-state index in [0.717, 1.165) is 31.1 Å². The van der Waals surface area contributed by atoms with Gasteiger partial charge >= 0.3 is 0 Å². The quantitative estimate of drug-likeness (QED) is 0.739. The number of pyridine rings is 1. The van der Waals surface area contributed by atoms with Gasteiger partial charge in [0.2, 0.25) is 0 Å². The first kappa shape index (κ1) is 17.5. The van der Waals surface area contributed by atoms with Crippen LogP contribution < -0.4 is 10.2 Å². The van der Waals surface area contributed by atoms with E-state index < -0.39 is 0 Å². The molecule has 23 heavy (non-hydrogen) atoms. The number of nitrogens with zero attached hydrogens (tertiary/aromatic N) is 2. The predicted molar refractivity (Wildman–Crippen MR) is 99.8 cm³/mol. The van der Waals surface area contributed by atoms with Gasteiger partial charge < -0.3 is 15.0 Å². The van der Waals surface area contributed by atoms with Crippen LogP contribution in [0.25, 0.3) is 10.8 Å². The van der Waals surface area contributed by atoms with Crippen LogP contribution in [0.1, 0.15) is 39.2 Å². The van der Waals surface area contributed by atoms with Gasteiger partial charge in [-0.3, -0.25) is 0 Å². The molecule has 0 aliphatic rings. The molecule has 1 aromatic heterocycles. The molecule has 0 saturated heterocycles. The highest BCUT2D eigenvalue weighted by atomic mass is 16.5. The van der Waals surface area contributed by atoms with E-state index in [-0.39, 0.29) is 0 Å². The standard InChI is InChI=1S/C19H29N3O/c1-6-22(7-2)19-17-12-15(14(3)4)8-9-16(17)18(13-21-19)20-10-11-23-5/h8-9,12-14,20H,6-7,10-11H2,1-5H3. The smallest absolute Gasteiger partial charge is 0.136 e. The minimum Gasteiger partial charge on any atom is -0.383 e. The zero-order valence-electron chi connectivity index (χ0n) is 15.0. The van der Waals surface area contributed by atoms with Crippen LogP contribution in [0.2, 0.25) is 0 Å². The summed E-state index contributed by atoms with van der Waals surface area (Å²) < 4.78 is 5.13. The van der Waals surface area contributed by atoms with Crippen molar-refractivity contribution in [2.45, 2.75) is 33.6 Å². The fourth-order valence-corrected chi connectivity index (χ4v) is 2.81. The number of ether oxygens (including phenoxy) is 1. The van der Waals surface area contributed by atoms with E-state index >= 15 is 0 Å². The lowest BCUT2D eigenvalue weighted by molar-refractivity contribution is 0.211. The molecule has 2 rings (SSSR count). The number of benzene rings is 1. The van der Waals surface area contributed by atoms with Crippen molar-refractivity contribution in [3.8, 4) is 0 Å². The second-order valence-electron chi connectivity index (χ2n) is 6.05. The first-order valence-corrected chi connectivity index (χ1v) is 8.52. The van der Waals surface area contributed by atoms with Gasteiger partial charge in [-0.15, -0.1) is 0 Å². The predicted octanol–water partition coefficient (Wildman–Crippen LogP) is 4.26. The molecule has 126 valence electrons. The Labute approximate surface area is 139 Å². The maximum atomic E-state index is 5.13. The van der Waals surface area contributed by atoms with Gasteiger partial charge in [0.1, 0.15) is 5.82 Å². The molecule has 2 aromatic rings. The summed E-state index contributed by atoms with van der Waals surface area (Å²) in [7, 11) is 1.72. The number of fused-ring (bicyclic) bond motifs is 1. The van der Waals surface area contributed by atoms with Crippen LogP contribution in [-0.2, 0) is 4.74 Å². The molecule has 0 aliphatic heterocycles. The molecule has 0 radical (unpaired) electrons. The molecule has 4 heteroatoms. The first-order chi connectivity index (χ1) is 11.1. The molecule has 0 saturated carbocycles. The summed E-state index contributed by atoms with van der Waals surface area (Å²) in [4.78, 5) is 7.06. The average molecular weight is 315 g/mol. The lowest BCUT2D eigenvalue weighted by atomic mass is 9.99. The van der Waals surface area contributed by atoms with Crippen molar-refractivity contribution in [1.29, 1.82) is 0 Å². The molecular formula is C19H29N3O. The summed E-state index contributed by atoms with van der Waals surface area (Å²) in [5.74, 6) is 1.58. The number of methoxy groups -OCH3 is 1. The highest BCUT2D eigenvalue weighted by Crippen LogP contribution is 2.32. The molecule has 1 heterocycles. The summed E-state index contributed by atoms with van der Waals surface area (Å²) in [6.07, 6.45) is 1.95. The first-order valence-electron chi connectivity index (χ1n) is 8.52. The molecule has 1 aromatic carbocycles. The number of hydrogen-bond donors (Lipinski definition) is 1. The molecule has 0 spiro atoms. The average Bonchev–Trinajstić information content (AvgIpc) is 2.57. The van der Waals surface area contributed by atoms with Crippen molar-refractivity contribution >= 4 is 22.3 Å². The van der Waals surface area contributed by atoms with Crippen molar-refractivity contribution in [3.63, 3.8) is 0 Å². The van der Waals surface area contributed by atoms with Crippen molar-refractivity contribution < 1.29 is 4.74 Å². The third-order valence-electron chi connectivity index (χ3n) is 4.24. The Morgan fingerprint density at radius 3 is 2.52 bits per heavy atom. The van der Waals surface area contributed by atoms with Crippen LogP contribution in [0.5, 0.6) is 0 Å². The lowest BCUT2D eigenvalue weighted by Gasteiger charge is -2.23. The summed E-state index contributed by atoms with van der Waals surface area (Å²) in [6.45, 7) is 12.2. The van der Waals surface area contributed by atoms with Gasteiger partial charge in [-0.05, 0) is 31.4 Å². The highest BCUT2D eigenvalue weighted by Gasteiger charge is 2.13. The molecule has 0 unspecified atom stereocenters. The topological polar surface area (TPSA) is 37.4 Å². The van der Waals surface area contributed by atoms with Crippen molar-refractivity contribution in [3.05, 3.63) is 30.0 Å².